The van der Waals surface area contributed by atoms with Crippen molar-refractivity contribution in [3.63, 3.8) is 0 Å². The molecule has 1 heterocycles. The number of carbonyl (C=O) groups is 1. The summed E-state index contributed by atoms with van der Waals surface area (Å²) in [4.78, 5) is 17.2. The quantitative estimate of drug-likeness (QED) is 0.225. The van der Waals surface area contributed by atoms with E-state index in [0.29, 0.717) is 33.9 Å². The number of carbonyl (C=O) groups excluding carboxylic acids is 1. The topological polar surface area (TPSA) is 87.4 Å². The molecule has 0 bridgehead atoms. The summed E-state index contributed by atoms with van der Waals surface area (Å²) >= 11 is 5.37. The number of phenols is 1. The lowest BCUT2D eigenvalue weighted by Crippen LogP contribution is -2.34. The molecule has 0 aliphatic carbocycles. The predicted octanol–water partition coefficient (Wildman–Crippen LogP) is 6.50. The number of rotatable bonds is 4. The van der Waals surface area contributed by atoms with Crippen LogP contribution in [0, 0.1) is 6.92 Å². The summed E-state index contributed by atoms with van der Waals surface area (Å²) in [6, 6.07) is 16.8. The Hall–Kier alpha value is -3.71. The third kappa shape index (κ3) is 5.35. The zero-order valence-electron chi connectivity index (χ0n) is 20.5. The molecule has 7 heteroatoms. The Morgan fingerprint density at radius 1 is 1.09 bits per heavy atom. The van der Waals surface area contributed by atoms with E-state index in [9.17, 15) is 9.90 Å². The van der Waals surface area contributed by atoms with Gasteiger partial charge in [-0.05, 0) is 84.1 Å². The van der Waals surface area contributed by atoms with Crippen LogP contribution in [-0.4, -0.2) is 21.1 Å². The van der Waals surface area contributed by atoms with E-state index in [-0.39, 0.29) is 22.2 Å². The van der Waals surface area contributed by atoms with Gasteiger partial charge in [0.15, 0.2) is 10.7 Å². The van der Waals surface area contributed by atoms with Crippen LogP contribution in [-0.2, 0) is 11.8 Å². The van der Waals surface area contributed by atoms with Gasteiger partial charge in [0, 0.05) is 11.3 Å². The molecule has 0 spiro atoms. The van der Waals surface area contributed by atoms with Crippen molar-refractivity contribution in [2.24, 2.45) is 0 Å². The summed E-state index contributed by atoms with van der Waals surface area (Å²) in [5, 5.41) is 16.6. The first-order valence-electron chi connectivity index (χ1n) is 11.5. The number of aryl methyl sites for hydroxylation is 2. The molecule has 3 N–H and O–H groups in total. The molecule has 6 nitrogen and oxygen atoms in total. The van der Waals surface area contributed by atoms with Crippen molar-refractivity contribution in [1.29, 1.82) is 0 Å². The molecule has 0 radical (unpaired) electrons. The molecule has 4 aromatic rings. The largest absolute Gasteiger partial charge is 0.507 e. The smallest absolute Gasteiger partial charge is 0.257 e. The SMILES string of the molecule is CCc1ccc2oc(-c3cc(NC(=S)NC(=O)c4ccc(C(C)(C)C)cc4)cc(C)c3O)nc2c1. The van der Waals surface area contributed by atoms with Gasteiger partial charge in [0.1, 0.15) is 11.3 Å². The maximum Gasteiger partial charge on any atom is 0.257 e. The summed E-state index contributed by atoms with van der Waals surface area (Å²) in [7, 11) is 0. The number of hydrogen-bond acceptors (Lipinski definition) is 5. The molecule has 4 rings (SSSR count). The van der Waals surface area contributed by atoms with Gasteiger partial charge < -0.3 is 14.8 Å². The molecule has 0 fully saturated rings. The standard InChI is InChI=1S/C28H29N3O3S/c1-6-17-7-12-23-22(14-17)30-26(34-23)21-15-20(13-16(2)24(21)32)29-27(35)31-25(33)18-8-10-19(11-9-18)28(3,4)5/h7-15,32H,6H2,1-5H3,(H2,29,31,33,35). The van der Waals surface area contributed by atoms with Crippen molar-refractivity contribution in [2.45, 2.75) is 46.5 Å². The Bertz CT molecular complexity index is 1420. The van der Waals surface area contributed by atoms with Crippen LogP contribution in [0.3, 0.4) is 0 Å². The van der Waals surface area contributed by atoms with Gasteiger partial charge in [-0.2, -0.15) is 0 Å². The van der Waals surface area contributed by atoms with Crippen LogP contribution in [0.25, 0.3) is 22.6 Å². The highest BCUT2D eigenvalue weighted by atomic mass is 32.1. The number of aromatic hydroxyl groups is 1. The summed E-state index contributed by atoms with van der Waals surface area (Å²) in [6.45, 7) is 10.2. The van der Waals surface area contributed by atoms with Gasteiger partial charge in [-0.15, -0.1) is 0 Å². The van der Waals surface area contributed by atoms with Gasteiger partial charge in [-0.1, -0.05) is 45.9 Å². The average molecular weight is 488 g/mol. The molecule has 3 aromatic carbocycles. The first-order valence-corrected chi connectivity index (χ1v) is 11.9. The Balaban J connectivity index is 1.53. The normalized spacial score (nSPS) is 11.5. The third-order valence-corrected chi connectivity index (χ3v) is 6.09. The van der Waals surface area contributed by atoms with Crippen LogP contribution in [0.5, 0.6) is 5.75 Å². The third-order valence-electron chi connectivity index (χ3n) is 5.89. The molecule has 0 saturated heterocycles. The number of fused-ring (bicyclic) bond motifs is 1. The van der Waals surface area contributed by atoms with Crippen LogP contribution in [0.15, 0.2) is 59.0 Å². The molecule has 1 amide bonds. The van der Waals surface area contributed by atoms with E-state index < -0.39 is 0 Å². The Labute approximate surface area is 210 Å². The average Bonchev–Trinajstić information content (AvgIpc) is 3.23. The lowest BCUT2D eigenvalue weighted by atomic mass is 9.87. The number of thiocarbonyl (C=S) groups is 1. The summed E-state index contributed by atoms with van der Waals surface area (Å²) < 4.78 is 5.90. The van der Waals surface area contributed by atoms with Crippen molar-refractivity contribution in [3.05, 3.63) is 76.9 Å². The zero-order chi connectivity index (χ0) is 25.3. The van der Waals surface area contributed by atoms with Gasteiger partial charge in [0.05, 0.1) is 5.56 Å². The van der Waals surface area contributed by atoms with Crippen LogP contribution in [0.4, 0.5) is 5.69 Å². The monoisotopic (exact) mass is 487 g/mol. The van der Waals surface area contributed by atoms with E-state index >= 15 is 0 Å². The number of phenolic OH excluding ortho intramolecular Hbond substituents is 1. The van der Waals surface area contributed by atoms with E-state index in [1.807, 2.05) is 30.3 Å². The fourth-order valence-corrected chi connectivity index (χ4v) is 3.99. The highest BCUT2D eigenvalue weighted by Gasteiger charge is 2.18. The maximum atomic E-state index is 12.7. The highest BCUT2D eigenvalue weighted by Crippen LogP contribution is 2.36. The second-order valence-corrected chi connectivity index (χ2v) is 10.0. The summed E-state index contributed by atoms with van der Waals surface area (Å²) in [6.07, 6.45) is 0.895. The summed E-state index contributed by atoms with van der Waals surface area (Å²) in [5.41, 5.74) is 5.86. The fourth-order valence-electron chi connectivity index (χ4n) is 3.78. The van der Waals surface area contributed by atoms with Crippen molar-refractivity contribution in [1.82, 2.24) is 10.3 Å². The molecule has 35 heavy (non-hydrogen) atoms. The number of anilines is 1. The zero-order valence-corrected chi connectivity index (χ0v) is 21.3. The highest BCUT2D eigenvalue weighted by molar-refractivity contribution is 7.80. The van der Waals surface area contributed by atoms with E-state index in [0.717, 1.165) is 23.1 Å². The number of nitrogens with one attached hydrogen (secondary N) is 2. The lowest BCUT2D eigenvalue weighted by molar-refractivity contribution is 0.0977. The number of oxazole rings is 1. The van der Waals surface area contributed by atoms with Gasteiger partial charge in [0.2, 0.25) is 5.89 Å². The van der Waals surface area contributed by atoms with Gasteiger partial charge in [0.25, 0.3) is 5.91 Å². The van der Waals surface area contributed by atoms with Gasteiger partial charge in [-0.3, -0.25) is 10.1 Å². The van der Waals surface area contributed by atoms with E-state index in [4.69, 9.17) is 16.6 Å². The van der Waals surface area contributed by atoms with E-state index in [1.54, 1.807) is 31.2 Å². The van der Waals surface area contributed by atoms with Crippen molar-refractivity contribution < 1.29 is 14.3 Å². The molecule has 0 aliphatic heterocycles. The number of nitrogens with zero attached hydrogens (tertiary/aromatic N) is 1. The first-order chi connectivity index (χ1) is 16.5. The number of amides is 1. The minimum atomic E-state index is -0.302. The Morgan fingerprint density at radius 2 is 1.80 bits per heavy atom. The van der Waals surface area contributed by atoms with Crippen molar-refractivity contribution in [2.75, 3.05) is 5.32 Å². The fraction of sp³-hybridized carbons (Fsp3) is 0.250. The number of aromatic nitrogens is 1. The Kier molecular flexibility index (Phi) is 6.63. The molecule has 180 valence electrons. The second kappa shape index (κ2) is 9.50. The van der Waals surface area contributed by atoms with Crippen molar-refractivity contribution in [3.8, 4) is 17.2 Å². The van der Waals surface area contributed by atoms with Crippen LogP contribution < -0.4 is 10.6 Å². The van der Waals surface area contributed by atoms with Crippen LogP contribution in [0.2, 0.25) is 0 Å². The molecule has 0 unspecified atom stereocenters. The molecule has 0 atom stereocenters. The van der Waals surface area contributed by atoms with Gasteiger partial charge >= 0.3 is 0 Å². The Morgan fingerprint density at radius 3 is 2.46 bits per heavy atom. The van der Waals surface area contributed by atoms with E-state index in [2.05, 4.69) is 43.3 Å². The lowest BCUT2D eigenvalue weighted by Gasteiger charge is -2.19. The second-order valence-electron chi connectivity index (χ2n) is 9.60. The van der Waals surface area contributed by atoms with E-state index in [1.165, 1.54) is 0 Å². The molecule has 1 aromatic heterocycles. The predicted molar refractivity (Wildman–Crippen MR) is 144 cm³/mol. The van der Waals surface area contributed by atoms with Crippen molar-refractivity contribution >= 4 is 40.0 Å². The maximum absolute atomic E-state index is 12.7. The van der Waals surface area contributed by atoms with Crippen LogP contribution >= 0.6 is 12.2 Å². The number of hydrogen-bond donors (Lipinski definition) is 3. The minimum Gasteiger partial charge on any atom is -0.507 e. The molecular weight excluding hydrogens is 458 g/mol. The summed E-state index contributed by atoms with van der Waals surface area (Å²) in [5.74, 6) is 0.0856. The molecule has 0 aliphatic rings. The molecular formula is C28H29N3O3S. The number of benzene rings is 3. The van der Waals surface area contributed by atoms with Crippen LogP contribution in [0.1, 0.15) is 54.7 Å². The van der Waals surface area contributed by atoms with Gasteiger partial charge in [-0.25, -0.2) is 4.98 Å². The minimum absolute atomic E-state index is 0.00723. The molecule has 0 saturated carbocycles. The first kappa shape index (κ1) is 24.4.